The molecule has 1 N–H and O–H groups in total. The molecule has 2 heterocycles. The van der Waals surface area contributed by atoms with Crippen LogP contribution >= 0.6 is 0 Å². The van der Waals surface area contributed by atoms with Gasteiger partial charge in [0.25, 0.3) is 6.29 Å². The lowest BCUT2D eigenvalue weighted by Crippen LogP contribution is -2.35. The molecule has 1 aliphatic heterocycles. The van der Waals surface area contributed by atoms with Gasteiger partial charge in [-0.2, -0.15) is 4.63 Å². The summed E-state index contributed by atoms with van der Waals surface area (Å²) in [7, 11) is 0. The summed E-state index contributed by atoms with van der Waals surface area (Å²) in [6, 6.07) is 0. The third-order valence-electron chi connectivity index (χ3n) is 3.14. The molecule has 2 atom stereocenters. The van der Waals surface area contributed by atoms with Crippen molar-refractivity contribution in [3.63, 3.8) is 0 Å². The maximum absolute atomic E-state index is 11.7. The maximum Gasteiger partial charge on any atom is 0.314 e. The Hall–Kier alpha value is -2.06. The molecule has 1 saturated heterocycles. The van der Waals surface area contributed by atoms with Gasteiger partial charge in [-0.05, 0) is 27.2 Å². The van der Waals surface area contributed by atoms with Crippen molar-refractivity contribution in [1.82, 2.24) is 9.98 Å². The van der Waals surface area contributed by atoms with E-state index in [1.165, 1.54) is 4.96 Å². The molecule has 1 aromatic rings. The van der Waals surface area contributed by atoms with Crippen molar-refractivity contribution in [1.29, 1.82) is 0 Å². The average molecular weight is 303 g/mol. The summed E-state index contributed by atoms with van der Waals surface area (Å²) in [4.78, 5) is 29.1. The van der Waals surface area contributed by atoms with Gasteiger partial charge in [0.15, 0.2) is 0 Å². The molecule has 2 rings (SSSR count). The Labute approximate surface area is 121 Å². The summed E-state index contributed by atoms with van der Waals surface area (Å²) in [5, 5.41) is 11.7. The third-order valence-corrected chi connectivity index (χ3v) is 3.14. The van der Waals surface area contributed by atoms with Crippen LogP contribution < -0.4 is 9.85 Å². The molecule has 0 saturated carbocycles. The van der Waals surface area contributed by atoms with E-state index in [1.54, 1.807) is 32.7 Å². The fourth-order valence-electron chi connectivity index (χ4n) is 1.84. The Morgan fingerprint density at radius 1 is 1.38 bits per heavy atom. The van der Waals surface area contributed by atoms with Crippen LogP contribution in [0.5, 0.6) is 0 Å². The van der Waals surface area contributed by atoms with Crippen molar-refractivity contribution in [2.24, 2.45) is 11.3 Å². The highest BCUT2D eigenvalue weighted by molar-refractivity contribution is 5.75. The van der Waals surface area contributed by atoms with E-state index in [0.29, 0.717) is 19.5 Å². The summed E-state index contributed by atoms with van der Waals surface area (Å²) in [6.45, 7) is 7.74. The van der Waals surface area contributed by atoms with Crippen molar-refractivity contribution < 1.29 is 28.9 Å². The SMILES string of the molecule is CC(OC(=O)C(C)(C)C)On1on1N1CCC(C(=O)O)C1. The Morgan fingerprint density at radius 2 is 2.05 bits per heavy atom. The molecule has 0 radical (unpaired) electrons. The fraction of sp³-hybridized carbons (Fsp3) is 0.833. The third kappa shape index (κ3) is 3.73. The molecule has 1 fully saturated rings. The maximum atomic E-state index is 11.7. The number of carbonyl (C=O) groups excluding carboxylic acids is 1. The molecule has 0 aliphatic carbocycles. The molecule has 2 unspecified atom stereocenters. The van der Waals surface area contributed by atoms with Gasteiger partial charge in [0.2, 0.25) is 0 Å². The zero-order chi connectivity index (χ0) is 15.8. The lowest BCUT2D eigenvalue weighted by Gasteiger charge is -2.19. The summed E-state index contributed by atoms with van der Waals surface area (Å²) >= 11 is 0. The van der Waals surface area contributed by atoms with E-state index in [0.717, 1.165) is 5.02 Å². The van der Waals surface area contributed by atoms with Crippen molar-refractivity contribution >= 4 is 11.9 Å². The van der Waals surface area contributed by atoms with Gasteiger partial charge < -0.3 is 14.7 Å². The van der Waals surface area contributed by atoms with Crippen molar-refractivity contribution in [2.45, 2.75) is 40.4 Å². The van der Waals surface area contributed by atoms with Crippen LogP contribution in [-0.4, -0.2) is 46.4 Å². The van der Waals surface area contributed by atoms with Crippen LogP contribution in [0.25, 0.3) is 0 Å². The average Bonchev–Trinajstić information content (AvgIpc) is 2.92. The number of aliphatic carboxylic acids is 1. The lowest BCUT2D eigenvalue weighted by atomic mass is 9.97. The highest BCUT2D eigenvalue weighted by Gasteiger charge is 2.34. The summed E-state index contributed by atoms with van der Waals surface area (Å²) in [5.41, 5.74) is -0.610. The molecule has 0 aromatic carbocycles. The van der Waals surface area contributed by atoms with Gasteiger partial charge in [0, 0.05) is 18.4 Å². The van der Waals surface area contributed by atoms with Crippen LogP contribution in [0.1, 0.15) is 34.1 Å². The lowest BCUT2D eigenvalue weighted by molar-refractivity contribution is -0.189. The molecule has 9 nitrogen and oxygen atoms in total. The van der Waals surface area contributed by atoms with Gasteiger partial charge in [-0.25, -0.2) is 0 Å². The highest BCUT2D eigenvalue weighted by Crippen LogP contribution is 2.18. The first-order chi connectivity index (χ1) is 9.68. The van der Waals surface area contributed by atoms with Crippen LogP contribution in [0.2, 0.25) is 0 Å². The Morgan fingerprint density at radius 3 is 2.57 bits per heavy atom. The van der Waals surface area contributed by atoms with E-state index in [9.17, 15) is 9.59 Å². The second-order valence-corrected chi connectivity index (χ2v) is 6.14. The van der Waals surface area contributed by atoms with E-state index in [-0.39, 0.29) is 5.97 Å². The van der Waals surface area contributed by atoms with E-state index < -0.39 is 23.6 Å². The first-order valence-corrected chi connectivity index (χ1v) is 6.82. The standard InChI is InChI=1S/C12H21N3O6/c1-8(19-11(18)12(2,3)4)20-15-14(21-15)13-6-5-9(7-13)10(16)17/h8-9H,5-7H2,1-4H3,(H,16,17). The summed E-state index contributed by atoms with van der Waals surface area (Å²) in [5.74, 6) is -1.61. The Bertz CT molecular complexity index is 508. The van der Waals surface area contributed by atoms with Gasteiger partial charge in [0.05, 0.1) is 17.9 Å². The van der Waals surface area contributed by atoms with Gasteiger partial charge in [-0.1, -0.05) is 0 Å². The highest BCUT2D eigenvalue weighted by atomic mass is 17.0. The van der Waals surface area contributed by atoms with Crippen LogP contribution in [0.4, 0.5) is 0 Å². The summed E-state index contributed by atoms with van der Waals surface area (Å²) in [6.07, 6.45) is -0.253. The van der Waals surface area contributed by atoms with E-state index in [4.69, 9.17) is 19.3 Å². The second-order valence-electron chi connectivity index (χ2n) is 6.14. The fourth-order valence-corrected chi connectivity index (χ4v) is 1.84. The number of rotatable bonds is 5. The molecule has 120 valence electrons. The number of hydrogen-bond acceptors (Lipinski definition) is 6. The number of ether oxygens (including phenoxy) is 1. The molecule has 0 spiro atoms. The molecule has 1 aliphatic rings. The summed E-state index contributed by atoms with van der Waals surface area (Å²) < 4.78 is 10.2. The number of carbonyl (C=O) groups is 2. The largest absolute Gasteiger partial charge is 0.481 e. The number of esters is 1. The van der Waals surface area contributed by atoms with Crippen LogP contribution in [0.3, 0.4) is 0 Å². The number of carboxylic acid groups (broad SMARTS) is 1. The molecule has 1 aromatic heterocycles. The minimum atomic E-state index is -0.820. The number of nitrogens with zero attached hydrogens (tertiary/aromatic N) is 3. The first-order valence-electron chi connectivity index (χ1n) is 6.82. The zero-order valence-electron chi connectivity index (χ0n) is 12.6. The first kappa shape index (κ1) is 15.3. The molecule has 0 bridgehead atoms. The molecular formula is C12H21N3O6. The Balaban J connectivity index is 1.80. The molecule has 9 heteroatoms. The minimum absolute atomic E-state index is 0.353. The molecule has 0 amide bonds. The monoisotopic (exact) mass is 303 g/mol. The van der Waals surface area contributed by atoms with Gasteiger partial charge in [-0.3, -0.25) is 14.6 Å². The van der Waals surface area contributed by atoms with Gasteiger partial charge in [-0.15, -0.1) is 0 Å². The number of aromatic nitrogens is 2. The van der Waals surface area contributed by atoms with Gasteiger partial charge in [0.1, 0.15) is 5.02 Å². The minimum Gasteiger partial charge on any atom is -0.481 e. The topological polar surface area (TPSA) is 99.1 Å². The predicted octanol–water partition coefficient (Wildman–Crippen LogP) is 0.289. The molecular weight excluding hydrogens is 282 g/mol. The van der Waals surface area contributed by atoms with Gasteiger partial charge >= 0.3 is 11.9 Å². The number of carboxylic acids is 1. The van der Waals surface area contributed by atoms with Crippen molar-refractivity contribution in [3.05, 3.63) is 0 Å². The van der Waals surface area contributed by atoms with Crippen molar-refractivity contribution in [2.75, 3.05) is 18.1 Å². The van der Waals surface area contributed by atoms with Crippen LogP contribution in [0.15, 0.2) is 4.63 Å². The quantitative estimate of drug-likeness (QED) is 0.616. The van der Waals surface area contributed by atoms with Crippen LogP contribution in [-0.2, 0) is 14.3 Å². The smallest absolute Gasteiger partial charge is 0.314 e. The Kier molecular flexibility index (Phi) is 3.93. The predicted molar refractivity (Wildman–Crippen MR) is 70.0 cm³/mol. The zero-order valence-corrected chi connectivity index (χ0v) is 12.6. The van der Waals surface area contributed by atoms with E-state index >= 15 is 0 Å². The number of hydrogen-bond donors (Lipinski definition) is 1. The van der Waals surface area contributed by atoms with E-state index in [2.05, 4.69) is 0 Å². The van der Waals surface area contributed by atoms with E-state index in [1.807, 2.05) is 0 Å². The second kappa shape index (κ2) is 5.38. The normalized spacial score (nSPS) is 20.6. The van der Waals surface area contributed by atoms with Crippen LogP contribution in [0, 0.1) is 11.3 Å². The van der Waals surface area contributed by atoms with Crippen molar-refractivity contribution in [3.8, 4) is 0 Å². The molecule has 21 heavy (non-hydrogen) atoms.